The monoisotopic (exact) mass is 260 g/mol. The van der Waals surface area contributed by atoms with Crippen LogP contribution in [-0.2, 0) is 0 Å². The number of rotatable bonds is 3. The van der Waals surface area contributed by atoms with Gasteiger partial charge in [0.05, 0.1) is 18.7 Å². The first kappa shape index (κ1) is 10.8. The van der Waals surface area contributed by atoms with E-state index in [9.17, 15) is 9.90 Å². The highest BCUT2D eigenvalue weighted by Gasteiger charge is 2.17. The average Bonchev–Trinajstić information content (AvgIpc) is 2.20. The number of benzene rings is 1. The number of hydrogen-bond acceptors (Lipinski definition) is 4. The van der Waals surface area contributed by atoms with Crippen LogP contribution in [0, 0.1) is 0 Å². The zero-order valence-corrected chi connectivity index (χ0v) is 9.29. The summed E-state index contributed by atoms with van der Waals surface area (Å²) in [5, 5.41) is 9.47. The van der Waals surface area contributed by atoms with Crippen LogP contribution < -0.4 is 9.47 Å². The van der Waals surface area contributed by atoms with Gasteiger partial charge in [0, 0.05) is 5.56 Å². The summed E-state index contributed by atoms with van der Waals surface area (Å²) in [6, 6.07) is 1.30. The zero-order chi connectivity index (χ0) is 10.7. The van der Waals surface area contributed by atoms with Crippen LogP contribution >= 0.6 is 15.9 Å². The van der Waals surface area contributed by atoms with E-state index in [2.05, 4.69) is 15.9 Å². The van der Waals surface area contributed by atoms with Crippen molar-refractivity contribution >= 4 is 22.2 Å². The fourth-order valence-corrected chi connectivity index (χ4v) is 1.64. The predicted octanol–water partition coefficient (Wildman–Crippen LogP) is 1.98. The van der Waals surface area contributed by atoms with Crippen molar-refractivity contribution in [1.29, 1.82) is 0 Å². The molecule has 0 amide bonds. The molecule has 0 saturated carbocycles. The fraction of sp³-hybridized carbons (Fsp3) is 0.222. The zero-order valence-electron chi connectivity index (χ0n) is 7.70. The second-order valence-electron chi connectivity index (χ2n) is 2.48. The molecule has 0 radical (unpaired) electrons. The van der Waals surface area contributed by atoms with Crippen molar-refractivity contribution in [3.05, 3.63) is 16.1 Å². The molecule has 0 saturated heterocycles. The number of ether oxygens (including phenoxy) is 2. The number of carbonyl (C=O) groups is 1. The molecule has 0 atom stereocenters. The number of aldehydes is 1. The minimum atomic E-state index is -0.130. The molecule has 0 aromatic heterocycles. The van der Waals surface area contributed by atoms with Gasteiger partial charge in [-0.05, 0) is 22.0 Å². The molecule has 1 aromatic rings. The van der Waals surface area contributed by atoms with Crippen LogP contribution in [0.3, 0.4) is 0 Å². The Kier molecular flexibility index (Phi) is 3.35. The molecule has 5 heteroatoms. The van der Waals surface area contributed by atoms with Crippen LogP contribution in [0.25, 0.3) is 0 Å². The summed E-state index contributed by atoms with van der Waals surface area (Å²) in [6.45, 7) is 0. The minimum Gasteiger partial charge on any atom is -0.504 e. The van der Waals surface area contributed by atoms with Gasteiger partial charge in [-0.1, -0.05) is 0 Å². The molecule has 0 fully saturated rings. The Labute approximate surface area is 89.6 Å². The van der Waals surface area contributed by atoms with Gasteiger partial charge < -0.3 is 14.6 Å². The maximum atomic E-state index is 10.6. The van der Waals surface area contributed by atoms with Crippen LogP contribution in [0.15, 0.2) is 10.5 Å². The first-order valence-electron chi connectivity index (χ1n) is 3.74. The summed E-state index contributed by atoms with van der Waals surface area (Å²) in [6.07, 6.45) is 0.617. The third kappa shape index (κ3) is 1.68. The van der Waals surface area contributed by atoms with E-state index < -0.39 is 0 Å². The molecular weight excluding hydrogens is 252 g/mol. The average molecular weight is 261 g/mol. The molecular formula is C9H9BrO4. The van der Waals surface area contributed by atoms with Crippen LogP contribution in [0.1, 0.15) is 10.4 Å². The molecule has 0 aliphatic rings. The van der Waals surface area contributed by atoms with Gasteiger partial charge in [-0.3, -0.25) is 4.79 Å². The summed E-state index contributed by atoms with van der Waals surface area (Å²) in [5.74, 6) is 0.370. The summed E-state index contributed by atoms with van der Waals surface area (Å²) < 4.78 is 10.4. The Morgan fingerprint density at radius 1 is 1.36 bits per heavy atom. The standard InChI is InChI=1S/C9H9BrO4/c1-13-8-6(12)3-5(4-11)7(10)9(8)14-2/h3-4,12H,1-2H3. The van der Waals surface area contributed by atoms with Crippen molar-refractivity contribution in [3.63, 3.8) is 0 Å². The Morgan fingerprint density at radius 2 is 1.93 bits per heavy atom. The maximum Gasteiger partial charge on any atom is 0.204 e. The molecule has 1 aromatic carbocycles. The van der Waals surface area contributed by atoms with Crippen molar-refractivity contribution in [2.75, 3.05) is 14.2 Å². The van der Waals surface area contributed by atoms with Crippen molar-refractivity contribution in [2.45, 2.75) is 0 Å². The lowest BCUT2D eigenvalue weighted by atomic mass is 10.2. The molecule has 4 nitrogen and oxygen atoms in total. The predicted molar refractivity (Wildman–Crippen MR) is 54.3 cm³/mol. The van der Waals surface area contributed by atoms with Gasteiger partial charge in [-0.2, -0.15) is 0 Å². The molecule has 1 rings (SSSR count). The molecule has 0 spiro atoms. The van der Waals surface area contributed by atoms with Crippen molar-refractivity contribution in [1.82, 2.24) is 0 Å². The van der Waals surface area contributed by atoms with E-state index in [-0.39, 0.29) is 11.5 Å². The lowest BCUT2D eigenvalue weighted by Gasteiger charge is -2.12. The molecule has 1 N–H and O–H groups in total. The van der Waals surface area contributed by atoms with Gasteiger partial charge in [0.25, 0.3) is 0 Å². The van der Waals surface area contributed by atoms with Crippen LogP contribution in [-0.4, -0.2) is 25.6 Å². The first-order chi connectivity index (χ1) is 6.65. The molecule has 76 valence electrons. The first-order valence-corrected chi connectivity index (χ1v) is 4.53. The third-order valence-electron chi connectivity index (χ3n) is 1.72. The molecule has 0 unspecified atom stereocenters. The van der Waals surface area contributed by atoms with Crippen molar-refractivity contribution in [3.8, 4) is 17.2 Å². The summed E-state index contributed by atoms with van der Waals surface area (Å²) in [5.41, 5.74) is 0.306. The van der Waals surface area contributed by atoms with Crippen LogP contribution in [0.2, 0.25) is 0 Å². The number of phenolic OH excluding ortho intramolecular Hbond substituents is 1. The number of phenols is 1. The van der Waals surface area contributed by atoms with Gasteiger partial charge in [0.2, 0.25) is 5.75 Å². The highest BCUT2D eigenvalue weighted by atomic mass is 79.9. The lowest BCUT2D eigenvalue weighted by Crippen LogP contribution is -1.95. The van der Waals surface area contributed by atoms with E-state index in [4.69, 9.17) is 9.47 Å². The van der Waals surface area contributed by atoms with Crippen LogP contribution in [0.4, 0.5) is 0 Å². The highest BCUT2D eigenvalue weighted by molar-refractivity contribution is 9.10. The smallest absolute Gasteiger partial charge is 0.204 e. The third-order valence-corrected chi connectivity index (χ3v) is 2.54. The normalized spacial score (nSPS) is 9.64. The maximum absolute atomic E-state index is 10.6. The number of halogens is 1. The quantitative estimate of drug-likeness (QED) is 0.845. The van der Waals surface area contributed by atoms with E-state index >= 15 is 0 Å². The van der Waals surface area contributed by atoms with Crippen molar-refractivity contribution in [2.24, 2.45) is 0 Å². The molecule has 14 heavy (non-hydrogen) atoms. The second kappa shape index (κ2) is 4.32. The van der Waals surface area contributed by atoms with Crippen molar-refractivity contribution < 1.29 is 19.4 Å². The summed E-state index contributed by atoms with van der Waals surface area (Å²) in [7, 11) is 2.83. The SMILES string of the molecule is COc1c(O)cc(C=O)c(Br)c1OC. The Balaban J connectivity index is 3.47. The summed E-state index contributed by atoms with van der Waals surface area (Å²) in [4.78, 5) is 10.6. The van der Waals surface area contributed by atoms with E-state index in [0.29, 0.717) is 22.1 Å². The van der Waals surface area contributed by atoms with E-state index in [1.807, 2.05) is 0 Å². The highest BCUT2D eigenvalue weighted by Crippen LogP contribution is 2.43. The number of methoxy groups -OCH3 is 2. The van der Waals surface area contributed by atoms with Gasteiger partial charge in [0.15, 0.2) is 17.8 Å². The van der Waals surface area contributed by atoms with Gasteiger partial charge >= 0.3 is 0 Å². The fourth-order valence-electron chi connectivity index (χ4n) is 1.09. The van der Waals surface area contributed by atoms with Gasteiger partial charge in [-0.25, -0.2) is 0 Å². The second-order valence-corrected chi connectivity index (χ2v) is 3.28. The summed E-state index contributed by atoms with van der Waals surface area (Å²) >= 11 is 3.18. The number of aromatic hydroxyl groups is 1. The molecule has 0 heterocycles. The minimum absolute atomic E-state index is 0.130. The number of hydrogen-bond donors (Lipinski definition) is 1. The Morgan fingerprint density at radius 3 is 2.36 bits per heavy atom. The van der Waals surface area contributed by atoms with E-state index in [0.717, 1.165) is 0 Å². The van der Waals surface area contributed by atoms with E-state index in [1.54, 1.807) is 0 Å². The largest absolute Gasteiger partial charge is 0.504 e. The van der Waals surface area contributed by atoms with Gasteiger partial charge in [0.1, 0.15) is 0 Å². The Bertz CT molecular complexity index is 362. The van der Waals surface area contributed by atoms with Crippen LogP contribution in [0.5, 0.6) is 17.2 Å². The topological polar surface area (TPSA) is 55.8 Å². The number of carbonyl (C=O) groups excluding carboxylic acids is 1. The Hall–Kier alpha value is -1.23. The lowest BCUT2D eigenvalue weighted by molar-refractivity contribution is 0.112. The van der Waals surface area contributed by atoms with E-state index in [1.165, 1.54) is 20.3 Å². The molecule has 0 aliphatic heterocycles. The van der Waals surface area contributed by atoms with Gasteiger partial charge in [-0.15, -0.1) is 0 Å². The molecule has 0 aliphatic carbocycles. The molecule has 0 bridgehead atoms.